The molecule has 7 heteroatoms. The first-order chi connectivity index (χ1) is 9.45. The van der Waals surface area contributed by atoms with Crippen molar-refractivity contribution in [3.63, 3.8) is 0 Å². The lowest BCUT2D eigenvalue weighted by Gasteiger charge is -2.33. The molecule has 0 radical (unpaired) electrons. The quantitative estimate of drug-likeness (QED) is 0.827. The van der Waals surface area contributed by atoms with Gasteiger partial charge in [-0.05, 0) is 25.0 Å². The molecule has 1 aromatic heterocycles. The van der Waals surface area contributed by atoms with E-state index < -0.39 is 5.97 Å². The third-order valence-corrected chi connectivity index (χ3v) is 3.45. The zero-order valence-corrected chi connectivity index (χ0v) is 11.9. The minimum atomic E-state index is -1.02. The maximum Gasteiger partial charge on any atom is 0.335 e. The van der Waals surface area contributed by atoms with Crippen molar-refractivity contribution in [2.75, 3.05) is 18.0 Å². The van der Waals surface area contributed by atoms with Crippen LogP contribution in [0.15, 0.2) is 12.1 Å². The molecule has 108 valence electrons. The lowest BCUT2D eigenvalue weighted by atomic mass is 10.0. The standard InChI is InChI=1S/C13H16ClN3O3/c1-8(18)15-10-2-4-17(5-3-10)12-7-9(13(19)20)6-11(14)16-12/h6-7,10H,2-5H2,1H3,(H,15,18)(H,19,20). The summed E-state index contributed by atoms with van der Waals surface area (Å²) in [5.41, 5.74) is 0.129. The van der Waals surface area contributed by atoms with E-state index in [0.717, 1.165) is 12.8 Å². The predicted molar refractivity (Wildman–Crippen MR) is 75.3 cm³/mol. The molecule has 6 nitrogen and oxygen atoms in total. The molecular weight excluding hydrogens is 282 g/mol. The highest BCUT2D eigenvalue weighted by atomic mass is 35.5. The Labute approximate surface area is 121 Å². The Morgan fingerprint density at radius 2 is 2.05 bits per heavy atom. The zero-order chi connectivity index (χ0) is 14.7. The van der Waals surface area contributed by atoms with Crippen LogP contribution in [0.2, 0.25) is 5.15 Å². The van der Waals surface area contributed by atoms with Crippen molar-refractivity contribution in [3.05, 3.63) is 22.8 Å². The molecule has 2 N–H and O–H groups in total. The van der Waals surface area contributed by atoms with Crippen molar-refractivity contribution in [2.24, 2.45) is 0 Å². The summed E-state index contributed by atoms with van der Waals surface area (Å²) < 4.78 is 0. The summed E-state index contributed by atoms with van der Waals surface area (Å²) in [5, 5.41) is 12.1. The second kappa shape index (κ2) is 6.09. The Balaban J connectivity index is 2.07. The van der Waals surface area contributed by atoms with Crippen LogP contribution in [0.1, 0.15) is 30.1 Å². The molecule has 1 aliphatic rings. The lowest BCUT2D eigenvalue weighted by molar-refractivity contribution is -0.119. The van der Waals surface area contributed by atoms with Gasteiger partial charge in [0.15, 0.2) is 0 Å². The molecule has 0 atom stereocenters. The second-order valence-corrected chi connectivity index (χ2v) is 5.19. The van der Waals surface area contributed by atoms with Crippen LogP contribution in [-0.2, 0) is 4.79 Å². The summed E-state index contributed by atoms with van der Waals surface area (Å²) >= 11 is 5.85. The van der Waals surface area contributed by atoms with Crippen LogP contribution in [-0.4, -0.2) is 41.1 Å². The summed E-state index contributed by atoms with van der Waals surface area (Å²) in [7, 11) is 0. The van der Waals surface area contributed by atoms with Crippen molar-refractivity contribution < 1.29 is 14.7 Å². The van der Waals surface area contributed by atoms with E-state index in [4.69, 9.17) is 16.7 Å². The van der Waals surface area contributed by atoms with Crippen molar-refractivity contribution in [3.8, 4) is 0 Å². The van der Waals surface area contributed by atoms with Crippen molar-refractivity contribution in [1.82, 2.24) is 10.3 Å². The largest absolute Gasteiger partial charge is 0.478 e. The van der Waals surface area contributed by atoms with Gasteiger partial charge in [0.2, 0.25) is 5.91 Å². The fraction of sp³-hybridized carbons (Fsp3) is 0.462. The number of amides is 1. The molecule has 2 rings (SSSR count). The number of carboxylic acids is 1. The number of carbonyl (C=O) groups excluding carboxylic acids is 1. The van der Waals surface area contributed by atoms with Crippen LogP contribution in [0.4, 0.5) is 5.82 Å². The highest BCUT2D eigenvalue weighted by molar-refractivity contribution is 6.29. The summed E-state index contributed by atoms with van der Waals surface area (Å²) in [5.74, 6) is -0.489. The molecule has 1 aliphatic heterocycles. The molecule has 0 unspecified atom stereocenters. The molecule has 2 heterocycles. The van der Waals surface area contributed by atoms with Crippen molar-refractivity contribution in [2.45, 2.75) is 25.8 Å². The van der Waals surface area contributed by atoms with E-state index in [1.54, 1.807) is 0 Å². The fourth-order valence-corrected chi connectivity index (χ4v) is 2.51. The molecule has 1 fully saturated rings. The fourth-order valence-electron chi connectivity index (χ4n) is 2.31. The number of hydrogen-bond acceptors (Lipinski definition) is 4. The van der Waals surface area contributed by atoms with Crippen molar-refractivity contribution in [1.29, 1.82) is 0 Å². The second-order valence-electron chi connectivity index (χ2n) is 4.80. The van der Waals surface area contributed by atoms with Gasteiger partial charge in [-0.1, -0.05) is 11.6 Å². The first-order valence-electron chi connectivity index (χ1n) is 6.38. The van der Waals surface area contributed by atoms with E-state index in [9.17, 15) is 9.59 Å². The molecular formula is C13H16ClN3O3. The number of aromatic carboxylic acids is 1. The van der Waals surface area contributed by atoms with E-state index in [-0.39, 0.29) is 22.7 Å². The molecule has 1 saturated heterocycles. The van der Waals surface area contributed by atoms with Crippen LogP contribution >= 0.6 is 11.6 Å². The zero-order valence-electron chi connectivity index (χ0n) is 11.1. The number of aromatic nitrogens is 1. The average Bonchev–Trinajstić information content (AvgIpc) is 2.38. The van der Waals surface area contributed by atoms with Crippen LogP contribution < -0.4 is 10.2 Å². The first kappa shape index (κ1) is 14.6. The summed E-state index contributed by atoms with van der Waals surface area (Å²) in [6.45, 7) is 2.92. The molecule has 0 saturated carbocycles. The molecule has 1 amide bonds. The van der Waals surface area contributed by atoms with Crippen LogP contribution in [0.3, 0.4) is 0 Å². The third kappa shape index (κ3) is 3.60. The number of halogens is 1. The molecule has 0 bridgehead atoms. The Morgan fingerprint density at radius 3 is 2.60 bits per heavy atom. The van der Waals surface area contributed by atoms with Gasteiger partial charge in [-0.3, -0.25) is 4.79 Å². The van der Waals surface area contributed by atoms with Gasteiger partial charge < -0.3 is 15.3 Å². The van der Waals surface area contributed by atoms with E-state index in [0.29, 0.717) is 18.9 Å². The van der Waals surface area contributed by atoms with Crippen LogP contribution in [0.25, 0.3) is 0 Å². The summed E-state index contributed by atoms with van der Waals surface area (Å²) in [6, 6.07) is 3.02. The molecule has 20 heavy (non-hydrogen) atoms. The van der Waals surface area contributed by atoms with Gasteiger partial charge in [0, 0.05) is 26.1 Å². The highest BCUT2D eigenvalue weighted by Crippen LogP contribution is 2.22. The topological polar surface area (TPSA) is 82.5 Å². The number of nitrogens with one attached hydrogen (secondary N) is 1. The predicted octanol–water partition coefficient (Wildman–Crippen LogP) is 1.54. The molecule has 0 aromatic carbocycles. The maximum atomic E-state index is 11.0. The monoisotopic (exact) mass is 297 g/mol. The van der Waals surface area contributed by atoms with E-state index in [1.165, 1.54) is 19.1 Å². The number of nitrogens with zero attached hydrogens (tertiary/aromatic N) is 2. The van der Waals surface area contributed by atoms with Gasteiger partial charge in [0.05, 0.1) is 5.56 Å². The lowest BCUT2D eigenvalue weighted by Crippen LogP contribution is -2.44. The van der Waals surface area contributed by atoms with Gasteiger partial charge in [0.1, 0.15) is 11.0 Å². The van der Waals surface area contributed by atoms with Gasteiger partial charge in [-0.2, -0.15) is 0 Å². The number of carbonyl (C=O) groups is 2. The number of hydrogen-bond donors (Lipinski definition) is 2. The Hall–Kier alpha value is -1.82. The van der Waals surface area contributed by atoms with Crippen molar-refractivity contribution >= 4 is 29.3 Å². The Morgan fingerprint density at radius 1 is 1.40 bits per heavy atom. The summed E-state index contributed by atoms with van der Waals surface area (Å²) in [4.78, 5) is 28.2. The van der Waals surface area contributed by atoms with Gasteiger partial charge in [-0.15, -0.1) is 0 Å². The number of rotatable bonds is 3. The maximum absolute atomic E-state index is 11.0. The smallest absolute Gasteiger partial charge is 0.335 e. The minimum absolute atomic E-state index is 0.0301. The molecule has 0 aliphatic carbocycles. The van der Waals surface area contributed by atoms with Gasteiger partial charge >= 0.3 is 5.97 Å². The molecule has 0 spiro atoms. The Bertz CT molecular complexity index is 528. The SMILES string of the molecule is CC(=O)NC1CCN(c2cc(C(=O)O)cc(Cl)n2)CC1. The average molecular weight is 298 g/mol. The number of carboxylic acid groups (broad SMARTS) is 1. The number of pyridine rings is 1. The number of anilines is 1. The minimum Gasteiger partial charge on any atom is -0.478 e. The third-order valence-electron chi connectivity index (χ3n) is 3.25. The molecule has 1 aromatic rings. The van der Waals surface area contributed by atoms with Crippen LogP contribution in [0, 0.1) is 0 Å². The number of piperidine rings is 1. The van der Waals surface area contributed by atoms with Gasteiger partial charge in [-0.25, -0.2) is 9.78 Å². The van der Waals surface area contributed by atoms with E-state index in [1.807, 2.05) is 4.90 Å². The Kier molecular flexibility index (Phi) is 4.44. The highest BCUT2D eigenvalue weighted by Gasteiger charge is 2.21. The normalized spacial score (nSPS) is 16.0. The first-order valence-corrected chi connectivity index (χ1v) is 6.76. The van der Waals surface area contributed by atoms with E-state index in [2.05, 4.69) is 10.3 Å². The summed E-state index contributed by atoms with van der Waals surface area (Å²) in [6.07, 6.45) is 1.60. The van der Waals surface area contributed by atoms with Crippen LogP contribution in [0.5, 0.6) is 0 Å². The van der Waals surface area contributed by atoms with E-state index >= 15 is 0 Å². The van der Waals surface area contributed by atoms with Gasteiger partial charge in [0.25, 0.3) is 0 Å².